The Morgan fingerprint density at radius 2 is 1.44 bits per heavy atom. The zero-order chi connectivity index (χ0) is 26.9. The lowest BCUT2D eigenvalue weighted by atomic mass is 9.88. The van der Waals surface area contributed by atoms with E-state index in [2.05, 4.69) is 12.1 Å². The maximum atomic E-state index is 15.1. The number of hydrogen-bond donors (Lipinski definition) is 0. The molecule has 6 heteroatoms. The van der Waals surface area contributed by atoms with Crippen molar-refractivity contribution in [2.75, 3.05) is 13.1 Å². The van der Waals surface area contributed by atoms with Gasteiger partial charge in [-0.15, -0.1) is 0 Å². The Morgan fingerprint density at radius 1 is 0.769 bits per heavy atom. The van der Waals surface area contributed by atoms with Crippen molar-refractivity contribution in [2.45, 2.75) is 37.9 Å². The van der Waals surface area contributed by atoms with Gasteiger partial charge in [0.15, 0.2) is 0 Å². The third-order valence-corrected chi connectivity index (χ3v) is 8.07. The van der Waals surface area contributed by atoms with Gasteiger partial charge in [-0.05, 0) is 53.6 Å². The van der Waals surface area contributed by atoms with Gasteiger partial charge in [-0.3, -0.25) is 9.69 Å². The van der Waals surface area contributed by atoms with E-state index in [0.717, 1.165) is 17.2 Å². The van der Waals surface area contributed by atoms with Crippen LogP contribution in [0.5, 0.6) is 0 Å². The molecule has 0 aromatic heterocycles. The maximum Gasteiger partial charge on any atom is 0.237 e. The minimum Gasteiger partial charge on any atom is -0.333 e. The molecule has 0 saturated heterocycles. The lowest BCUT2D eigenvalue weighted by Crippen LogP contribution is -2.48. The predicted molar refractivity (Wildman–Crippen MR) is 145 cm³/mol. The second-order valence-electron chi connectivity index (χ2n) is 10.4. The Morgan fingerprint density at radius 3 is 2.15 bits per heavy atom. The fraction of sp³-hybridized carbons (Fsp3) is 0.242. The molecule has 1 aliphatic carbocycles. The first-order valence-electron chi connectivity index (χ1n) is 13.3. The van der Waals surface area contributed by atoms with E-state index in [-0.39, 0.29) is 30.9 Å². The van der Waals surface area contributed by atoms with Crippen molar-refractivity contribution >= 4 is 5.91 Å². The van der Waals surface area contributed by atoms with Crippen LogP contribution < -0.4 is 0 Å². The number of rotatable bonds is 6. The topological polar surface area (TPSA) is 23.6 Å². The van der Waals surface area contributed by atoms with E-state index in [1.165, 1.54) is 29.3 Å². The van der Waals surface area contributed by atoms with Gasteiger partial charge in [0.05, 0.1) is 12.6 Å². The number of carbonyl (C=O) groups excluding carboxylic acids is 1. The maximum absolute atomic E-state index is 15.1. The Bertz CT molecular complexity index is 1500. The van der Waals surface area contributed by atoms with Gasteiger partial charge in [-0.1, -0.05) is 72.8 Å². The number of fused-ring (bicyclic) bond motifs is 2. The predicted octanol–water partition coefficient (Wildman–Crippen LogP) is 6.25. The molecule has 6 rings (SSSR count). The van der Waals surface area contributed by atoms with Crippen molar-refractivity contribution in [2.24, 2.45) is 0 Å². The third kappa shape index (κ3) is 5.09. The lowest BCUT2D eigenvalue weighted by molar-refractivity contribution is -0.136. The average molecular weight is 527 g/mol. The number of nitrogens with zero attached hydrogens (tertiary/aromatic N) is 2. The molecular weight excluding hydrogens is 497 g/mol. The summed E-state index contributed by atoms with van der Waals surface area (Å²) >= 11 is 0. The van der Waals surface area contributed by atoms with Crippen LogP contribution in [0.2, 0.25) is 0 Å². The van der Waals surface area contributed by atoms with Gasteiger partial charge in [0.1, 0.15) is 17.5 Å². The van der Waals surface area contributed by atoms with Gasteiger partial charge in [0, 0.05) is 36.3 Å². The molecule has 4 aromatic rings. The first-order chi connectivity index (χ1) is 19.0. The molecule has 198 valence electrons. The molecule has 0 spiro atoms. The summed E-state index contributed by atoms with van der Waals surface area (Å²) in [6.07, 6.45) is 2.12. The summed E-state index contributed by atoms with van der Waals surface area (Å²) in [5, 5.41) is 0. The van der Waals surface area contributed by atoms with Crippen LogP contribution in [0.4, 0.5) is 13.2 Å². The minimum atomic E-state index is -0.639. The van der Waals surface area contributed by atoms with Crippen LogP contribution >= 0.6 is 0 Å². The second-order valence-corrected chi connectivity index (χ2v) is 10.4. The summed E-state index contributed by atoms with van der Waals surface area (Å²) in [5.74, 6) is -1.75. The Kier molecular flexibility index (Phi) is 6.96. The van der Waals surface area contributed by atoms with Crippen molar-refractivity contribution in [3.8, 4) is 0 Å². The fourth-order valence-corrected chi connectivity index (χ4v) is 6.13. The van der Waals surface area contributed by atoms with Crippen LogP contribution in [0.25, 0.3) is 0 Å². The van der Waals surface area contributed by atoms with Crippen LogP contribution in [0.3, 0.4) is 0 Å². The first-order valence-corrected chi connectivity index (χ1v) is 13.3. The number of hydrogen-bond acceptors (Lipinski definition) is 2. The van der Waals surface area contributed by atoms with Crippen LogP contribution in [0.1, 0.15) is 39.4 Å². The quantitative estimate of drug-likeness (QED) is 0.297. The van der Waals surface area contributed by atoms with Crippen molar-refractivity contribution in [1.82, 2.24) is 9.80 Å². The Balaban J connectivity index is 1.33. The highest BCUT2D eigenvalue weighted by molar-refractivity contribution is 5.79. The van der Waals surface area contributed by atoms with Gasteiger partial charge in [0.2, 0.25) is 5.91 Å². The standard InChI is InChI=1S/C33H29F3N2O/c34-26-13-14-29(31(36)19-26)33-28-11-5-3-7-22(28)15-16-37(33)21-32(39)38(20-25-10-4-6-12-30(25)35)27-17-23-8-1-2-9-24(23)18-27/h1-14,19,27,33H,15-18,20-21H2. The van der Waals surface area contributed by atoms with Crippen molar-refractivity contribution in [3.05, 3.63) is 142 Å². The molecule has 2 aliphatic rings. The lowest BCUT2D eigenvalue weighted by Gasteiger charge is -2.39. The summed E-state index contributed by atoms with van der Waals surface area (Å²) < 4.78 is 43.7. The van der Waals surface area contributed by atoms with Gasteiger partial charge in [-0.25, -0.2) is 13.2 Å². The zero-order valence-corrected chi connectivity index (χ0v) is 21.5. The molecule has 4 aromatic carbocycles. The second kappa shape index (κ2) is 10.7. The molecule has 1 heterocycles. The molecule has 1 aliphatic heterocycles. The van der Waals surface area contributed by atoms with Gasteiger partial charge < -0.3 is 4.90 Å². The zero-order valence-electron chi connectivity index (χ0n) is 21.5. The molecular formula is C33H29F3N2O. The molecule has 3 nitrogen and oxygen atoms in total. The summed E-state index contributed by atoms with van der Waals surface area (Å²) in [5.41, 5.74) is 5.21. The summed E-state index contributed by atoms with van der Waals surface area (Å²) in [4.78, 5) is 17.9. The molecule has 1 amide bonds. The van der Waals surface area contributed by atoms with E-state index in [0.29, 0.717) is 36.9 Å². The molecule has 1 unspecified atom stereocenters. The molecule has 0 fully saturated rings. The number of amides is 1. The Hall–Kier alpha value is -3.90. The fourth-order valence-electron chi connectivity index (χ4n) is 6.13. The van der Waals surface area contributed by atoms with E-state index in [4.69, 9.17) is 0 Å². The SMILES string of the molecule is O=C(CN1CCc2ccccc2C1c1ccc(F)cc1F)N(Cc1ccccc1F)C1Cc2ccccc2C1. The van der Waals surface area contributed by atoms with E-state index in [1.807, 2.05) is 41.3 Å². The molecule has 0 radical (unpaired) electrons. The van der Waals surface area contributed by atoms with Crippen molar-refractivity contribution in [3.63, 3.8) is 0 Å². The summed E-state index contributed by atoms with van der Waals surface area (Å²) in [7, 11) is 0. The van der Waals surface area contributed by atoms with Gasteiger partial charge >= 0.3 is 0 Å². The normalized spacial score (nSPS) is 17.1. The number of carbonyl (C=O) groups is 1. The summed E-state index contributed by atoms with van der Waals surface area (Å²) in [6.45, 7) is 0.740. The van der Waals surface area contributed by atoms with Crippen molar-refractivity contribution in [1.29, 1.82) is 0 Å². The summed E-state index contributed by atoms with van der Waals surface area (Å²) in [6, 6.07) is 25.5. The molecule has 0 saturated carbocycles. The van der Waals surface area contributed by atoms with Crippen LogP contribution in [0, 0.1) is 17.5 Å². The first kappa shape index (κ1) is 25.4. The van der Waals surface area contributed by atoms with Crippen LogP contribution in [0.15, 0.2) is 91.0 Å². The monoisotopic (exact) mass is 526 g/mol. The van der Waals surface area contributed by atoms with Crippen LogP contribution in [-0.2, 0) is 30.6 Å². The van der Waals surface area contributed by atoms with Gasteiger partial charge in [0.25, 0.3) is 0 Å². The highest BCUT2D eigenvalue weighted by Gasteiger charge is 2.35. The van der Waals surface area contributed by atoms with Crippen molar-refractivity contribution < 1.29 is 18.0 Å². The highest BCUT2D eigenvalue weighted by atomic mass is 19.1. The molecule has 39 heavy (non-hydrogen) atoms. The highest BCUT2D eigenvalue weighted by Crippen LogP contribution is 2.37. The third-order valence-electron chi connectivity index (χ3n) is 8.07. The van der Waals surface area contributed by atoms with E-state index < -0.39 is 17.7 Å². The van der Waals surface area contributed by atoms with Crippen LogP contribution in [-0.4, -0.2) is 34.8 Å². The number of benzene rings is 4. The van der Waals surface area contributed by atoms with E-state index in [9.17, 15) is 13.6 Å². The molecule has 0 N–H and O–H groups in total. The largest absolute Gasteiger partial charge is 0.333 e. The van der Waals surface area contributed by atoms with E-state index >= 15 is 4.39 Å². The molecule has 1 atom stereocenters. The Labute approximate surface area is 226 Å². The van der Waals surface area contributed by atoms with Gasteiger partial charge in [-0.2, -0.15) is 0 Å². The number of halogens is 3. The average Bonchev–Trinajstić information content (AvgIpc) is 3.37. The minimum absolute atomic E-state index is 0.0388. The smallest absolute Gasteiger partial charge is 0.237 e. The van der Waals surface area contributed by atoms with E-state index in [1.54, 1.807) is 23.1 Å². The molecule has 0 bridgehead atoms.